The Labute approximate surface area is 161 Å². The fraction of sp³-hybridized carbons (Fsp3) is 0.211. The van der Waals surface area contributed by atoms with Gasteiger partial charge in [-0.2, -0.15) is 9.97 Å². The SMILES string of the molecule is COc1ccc(C(C)(C)c2cc(Cl)cc(Cl)c2Oc2ncncn2)cc1. The molecule has 26 heavy (non-hydrogen) atoms. The molecule has 2 aromatic carbocycles. The van der Waals surface area contributed by atoms with Crippen LogP contribution in [-0.4, -0.2) is 22.1 Å². The molecule has 3 aromatic rings. The van der Waals surface area contributed by atoms with Crippen molar-refractivity contribution in [3.63, 3.8) is 0 Å². The Bertz CT molecular complexity index is 901. The maximum Gasteiger partial charge on any atom is 0.324 e. The van der Waals surface area contributed by atoms with Gasteiger partial charge in [-0.3, -0.25) is 0 Å². The van der Waals surface area contributed by atoms with E-state index in [1.54, 1.807) is 13.2 Å². The van der Waals surface area contributed by atoms with Crippen molar-refractivity contribution in [1.82, 2.24) is 15.0 Å². The summed E-state index contributed by atoms with van der Waals surface area (Å²) in [6.07, 6.45) is 2.72. The predicted octanol–water partition coefficient (Wildman–Crippen LogP) is 5.31. The van der Waals surface area contributed by atoms with E-state index in [1.807, 2.05) is 30.3 Å². The van der Waals surface area contributed by atoms with Crippen molar-refractivity contribution in [3.8, 4) is 17.5 Å². The van der Waals surface area contributed by atoms with E-state index in [1.165, 1.54) is 12.7 Å². The van der Waals surface area contributed by atoms with Crippen LogP contribution in [-0.2, 0) is 5.41 Å². The molecule has 0 radical (unpaired) electrons. The zero-order chi connectivity index (χ0) is 18.7. The lowest BCUT2D eigenvalue weighted by molar-refractivity contribution is 0.413. The van der Waals surface area contributed by atoms with E-state index >= 15 is 0 Å². The molecule has 7 heteroatoms. The zero-order valence-corrected chi connectivity index (χ0v) is 16.0. The van der Waals surface area contributed by atoms with Gasteiger partial charge in [-0.05, 0) is 29.8 Å². The van der Waals surface area contributed by atoms with Crippen LogP contribution in [0, 0.1) is 0 Å². The van der Waals surface area contributed by atoms with Gasteiger partial charge in [0.1, 0.15) is 18.4 Å². The summed E-state index contributed by atoms with van der Waals surface area (Å²) in [5.74, 6) is 1.25. The predicted molar refractivity (Wildman–Crippen MR) is 101 cm³/mol. The molecule has 1 heterocycles. The molecule has 5 nitrogen and oxygen atoms in total. The summed E-state index contributed by atoms with van der Waals surface area (Å²) in [4.78, 5) is 11.8. The summed E-state index contributed by atoms with van der Waals surface area (Å²) in [5, 5.41) is 0.907. The third-order valence-corrected chi connectivity index (χ3v) is 4.66. The van der Waals surface area contributed by atoms with E-state index < -0.39 is 5.41 Å². The largest absolute Gasteiger partial charge is 0.497 e. The maximum absolute atomic E-state index is 6.43. The van der Waals surface area contributed by atoms with Crippen LogP contribution in [0.15, 0.2) is 49.1 Å². The Kier molecular flexibility index (Phi) is 5.30. The van der Waals surface area contributed by atoms with Crippen LogP contribution in [0.5, 0.6) is 17.5 Å². The normalized spacial score (nSPS) is 11.3. The lowest BCUT2D eigenvalue weighted by Crippen LogP contribution is -2.20. The van der Waals surface area contributed by atoms with Gasteiger partial charge < -0.3 is 9.47 Å². The molecule has 134 valence electrons. The standard InChI is InChI=1S/C19H17Cl2N3O2/c1-19(2,12-4-6-14(25-3)7-5-12)15-8-13(20)9-16(21)17(15)26-18-23-10-22-11-24-18/h4-11H,1-3H3. The quantitative estimate of drug-likeness (QED) is 0.591. The third kappa shape index (κ3) is 3.74. The molecule has 1 aromatic heterocycles. The van der Waals surface area contributed by atoms with Crippen molar-refractivity contribution in [2.45, 2.75) is 19.3 Å². The number of halogens is 2. The van der Waals surface area contributed by atoms with Gasteiger partial charge in [0, 0.05) is 16.0 Å². The van der Waals surface area contributed by atoms with Gasteiger partial charge in [0.25, 0.3) is 0 Å². The molecule has 0 fully saturated rings. The first-order chi connectivity index (χ1) is 12.4. The van der Waals surface area contributed by atoms with E-state index in [2.05, 4.69) is 28.8 Å². The minimum absolute atomic E-state index is 0.163. The van der Waals surface area contributed by atoms with Crippen LogP contribution in [0.4, 0.5) is 0 Å². The average molecular weight is 390 g/mol. The monoisotopic (exact) mass is 389 g/mol. The molecule has 0 aliphatic heterocycles. The van der Waals surface area contributed by atoms with Crippen LogP contribution in [0.2, 0.25) is 10.0 Å². The second kappa shape index (κ2) is 7.48. The first kappa shape index (κ1) is 18.4. The number of hydrogen-bond acceptors (Lipinski definition) is 5. The van der Waals surface area contributed by atoms with Gasteiger partial charge in [0.05, 0.1) is 12.1 Å². The highest BCUT2D eigenvalue weighted by Gasteiger charge is 2.29. The molecule has 0 saturated carbocycles. The molecule has 0 aliphatic rings. The van der Waals surface area contributed by atoms with E-state index in [-0.39, 0.29) is 6.01 Å². The van der Waals surface area contributed by atoms with Crippen LogP contribution < -0.4 is 9.47 Å². The number of methoxy groups -OCH3 is 1. The first-order valence-electron chi connectivity index (χ1n) is 7.85. The lowest BCUT2D eigenvalue weighted by atomic mass is 9.77. The smallest absolute Gasteiger partial charge is 0.324 e. The van der Waals surface area contributed by atoms with Crippen LogP contribution in [0.3, 0.4) is 0 Å². The van der Waals surface area contributed by atoms with Crippen LogP contribution in [0.25, 0.3) is 0 Å². The van der Waals surface area contributed by atoms with Gasteiger partial charge >= 0.3 is 6.01 Å². The van der Waals surface area contributed by atoms with Crippen molar-refractivity contribution in [2.24, 2.45) is 0 Å². The zero-order valence-electron chi connectivity index (χ0n) is 14.5. The minimum atomic E-state index is -0.441. The average Bonchev–Trinajstić information content (AvgIpc) is 2.64. The van der Waals surface area contributed by atoms with Crippen molar-refractivity contribution in [1.29, 1.82) is 0 Å². The molecule has 0 saturated heterocycles. The highest BCUT2D eigenvalue weighted by Crippen LogP contribution is 2.44. The Morgan fingerprint density at radius 1 is 0.962 bits per heavy atom. The highest BCUT2D eigenvalue weighted by atomic mass is 35.5. The number of benzene rings is 2. The van der Waals surface area contributed by atoms with Crippen LogP contribution in [0.1, 0.15) is 25.0 Å². The number of nitrogens with zero attached hydrogens (tertiary/aromatic N) is 3. The topological polar surface area (TPSA) is 57.1 Å². The Morgan fingerprint density at radius 2 is 1.62 bits per heavy atom. The van der Waals surface area contributed by atoms with E-state index in [9.17, 15) is 0 Å². The van der Waals surface area contributed by atoms with E-state index in [4.69, 9.17) is 32.7 Å². The molecule has 0 N–H and O–H groups in total. The molecule has 0 aliphatic carbocycles. The highest BCUT2D eigenvalue weighted by molar-refractivity contribution is 6.35. The van der Waals surface area contributed by atoms with Gasteiger partial charge in [-0.25, -0.2) is 4.98 Å². The number of ether oxygens (including phenoxy) is 2. The van der Waals surface area contributed by atoms with E-state index in [0.29, 0.717) is 15.8 Å². The van der Waals surface area contributed by atoms with Crippen LogP contribution >= 0.6 is 23.2 Å². The van der Waals surface area contributed by atoms with E-state index in [0.717, 1.165) is 16.9 Å². The summed E-state index contributed by atoms with van der Waals surface area (Å²) in [6, 6.07) is 11.5. The third-order valence-electron chi connectivity index (χ3n) is 4.16. The summed E-state index contributed by atoms with van der Waals surface area (Å²) >= 11 is 12.7. The van der Waals surface area contributed by atoms with Crippen molar-refractivity contribution >= 4 is 23.2 Å². The Morgan fingerprint density at radius 3 is 2.23 bits per heavy atom. The van der Waals surface area contributed by atoms with Crippen molar-refractivity contribution in [2.75, 3.05) is 7.11 Å². The van der Waals surface area contributed by atoms with Gasteiger partial charge in [-0.1, -0.05) is 49.2 Å². The summed E-state index contributed by atoms with van der Waals surface area (Å²) in [5.41, 5.74) is 1.43. The fourth-order valence-electron chi connectivity index (χ4n) is 2.66. The fourth-order valence-corrected chi connectivity index (χ4v) is 3.20. The molecule has 0 unspecified atom stereocenters. The van der Waals surface area contributed by atoms with Gasteiger partial charge in [-0.15, -0.1) is 0 Å². The molecular formula is C19H17Cl2N3O2. The molecule has 0 spiro atoms. The summed E-state index contributed by atoms with van der Waals surface area (Å²) in [6.45, 7) is 4.13. The number of rotatable bonds is 5. The number of aromatic nitrogens is 3. The summed E-state index contributed by atoms with van der Waals surface area (Å²) in [7, 11) is 1.64. The second-order valence-electron chi connectivity index (χ2n) is 6.14. The van der Waals surface area contributed by atoms with Crippen molar-refractivity contribution < 1.29 is 9.47 Å². The second-order valence-corrected chi connectivity index (χ2v) is 6.98. The molecule has 3 rings (SSSR count). The number of hydrogen-bond donors (Lipinski definition) is 0. The summed E-state index contributed by atoms with van der Waals surface area (Å²) < 4.78 is 11.1. The Hall–Kier alpha value is -2.37. The molecule has 0 bridgehead atoms. The van der Waals surface area contributed by atoms with Crippen molar-refractivity contribution in [3.05, 3.63) is 70.2 Å². The van der Waals surface area contributed by atoms with Gasteiger partial charge in [0.15, 0.2) is 5.75 Å². The Balaban J connectivity index is 2.09. The molecule has 0 atom stereocenters. The molecule has 0 amide bonds. The first-order valence-corrected chi connectivity index (χ1v) is 8.61. The lowest BCUT2D eigenvalue weighted by Gasteiger charge is -2.28. The maximum atomic E-state index is 6.43. The molecular weight excluding hydrogens is 373 g/mol. The minimum Gasteiger partial charge on any atom is -0.497 e. The van der Waals surface area contributed by atoms with Gasteiger partial charge in [0.2, 0.25) is 0 Å².